The van der Waals surface area contributed by atoms with Crippen LogP contribution in [0.3, 0.4) is 0 Å². The van der Waals surface area contributed by atoms with Crippen molar-refractivity contribution in [2.45, 2.75) is 110 Å². The lowest BCUT2D eigenvalue weighted by molar-refractivity contribution is -0.198. The number of carbonyl (C=O) groups excluding carboxylic acids is 9. The summed E-state index contributed by atoms with van der Waals surface area (Å²) >= 11 is 0. The molecular formula is C52H85N13O17. The zero-order valence-electron chi connectivity index (χ0n) is 47.5. The van der Waals surface area contributed by atoms with Crippen LogP contribution in [0.5, 0.6) is 0 Å². The molecule has 0 aliphatic carbocycles. The van der Waals surface area contributed by atoms with Crippen molar-refractivity contribution in [2.75, 3.05) is 137 Å². The van der Waals surface area contributed by atoms with Gasteiger partial charge in [-0.25, -0.2) is 9.78 Å². The van der Waals surface area contributed by atoms with Gasteiger partial charge in [0.2, 0.25) is 29.5 Å². The number of aromatic nitrogens is 1. The Morgan fingerprint density at radius 1 is 0.573 bits per heavy atom. The minimum absolute atomic E-state index is 0.00230. The lowest BCUT2D eigenvalue weighted by Gasteiger charge is -2.19. The van der Waals surface area contributed by atoms with Crippen molar-refractivity contribution >= 4 is 64.8 Å². The van der Waals surface area contributed by atoms with Gasteiger partial charge in [0, 0.05) is 121 Å². The van der Waals surface area contributed by atoms with Crippen molar-refractivity contribution in [1.82, 2.24) is 41.9 Å². The molecule has 1 fully saturated rings. The van der Waals surface area contributed by atoms with Gasteiger partial charge in [-0.05, 0) is 76.5 Å². The molecule has 1 saturated heterocycles. The van der Waals surface area contributed by atoms with Crippen LogP contribution in [0.1, 0.15) is 114 Å². The van der Waals surface area contributed by atoms with E-state index in [-0.39, 0.29) is 140 Å². The van der Waals surface area contributed by atoms with E-state index in [0.717, 1.165) is 5.71 Å². The fraction of sp³-hybridized carbons (Fsp3) is 0.712. The zero-order chi connectivity index (χ0) is 59.7. The summed E-state index contributed by atoms with van der Waals surface area (Å²) in [5, 5.41) is 24.6. The standard InChI is InChI=1S/C52H85N13O17/c1-40(2)62-63-43-12-11-41(39-59-43)51(73)58-24-32-80-36-35-79-31-23-56-46(68)14-13-45(67)54-19-4-3-9-42(61-47(69)17-29-75-27-8-28-76-30-18-50(72)82-65-48(70)15-16-49(65)71)52(74)57-21-7-26-78-34-38-81-37-33-77-25-6-20-55-44(66)10-5-22-60-64-53/h11-12,39,42H,3-10,13-38H2,1-2H3,(H,54,67)(H,55,66)(H,56,68)(H,57,74)(H,58,73)(H,59,63)(H,61,69). The van der Waals surface area contributed by atoms with Crippen LogP contribution in [0.2, 0.25) is 0 Å². The van der Waals surface area contributed by atoms with E-state index in [1.165, 1.54) is 6.20 Å². The topological polar surface area (TPSA) is 389 Å². The second-order valence-corrected chi connectivity index (χ2v) is 18.3. The maximum absolute atomic E-state index is 13.3. The summed E-state index contributed by atoms with van der Waals surface area (Å²) < 4.78 is 38.5. The average Bonchev–Trinajstić information content (AvgIpc) is 3.90. The largest absolute Gasteiger partial charge is 0.381 e. The van der Waals surface area contributed by atoms with Gasteiger partial charge in [-0.15, -0.1) is 5.06 Å². The van der Waals surface area contributed by atoms with E-state index in [2.05, 4.69) is 57.4 Å². The van der Waals surface area contributed by atoms with E-state index < -0.39 is 29.7 Å². The first-order valence-corrected chi connectivity index (χ1v) is 27.8. The van der Waals surface area contributed by atoms with Crippen molar-refractivity contribution in [3.63, 3.8) is 0 Å². The molecular weight excluding hydrogens is 1080 g/mol. The van der Waals surface area contributed by atoms with Gasteiger partial charge in [-0.3, -0.25) is 43.8 Å². The Morgan fingerprint density at radius 3 is 1.70 bits per heavy atom. The third-order valence-electron chi connectivity index (χ3n) is 11.1. The Labute approximate surface area is 478 Å². The van der Waals surface area contributed by atoms with E-state index in [1.54, 1.807) is 12.1 Å². The number of nitrogens with one attached hydrogen (secondary N) is 7. The van der Waals surface area contributed by atoms with Gasteiger partial charge >= 0.3 is 5.97 Å². The normalized spacial score (nSPS) is 12.2. The summed E-state index contributed by atoms with van der Waals surface area (Å²) in [6, 6.07) is 2.44. The summed E-state index contributed by atoms with van der Waals surface area (Å²) in [6.45, 7) is 9.54. The zero-order valence-corrected chi connectivity index (χ0v) is 47.5. The minimum Gasteiger partial charge on any atom is -0.381 e. The highest BCUT2D eigenvalue weighted by Crippen LogP contribution is 2.13. The maximum atomic E-state index is 13.3. The number of ether oxygens (including phenoxy) is 7. The number of anilines is 1. The third-order valence-corrected chi connectivity index (χ3v) is 11.1. The Kier molecular flexibility index (Phi) is 41.4. The fourth-order valence-electron chi connectivity index (χ4n) is 6.82. The van der Waals surface area contributed by atoms with Crippen LogP contribution in [0.15, 0.2) is 28.5 Å². The molecule has 0 spiro atoms. The number of pyridine rings is 1. The van der Waals surface area contributed by atoms with Crippen molar-refractivity contribution in [3.05, 3.63) is 34.3 Å². The number of hydrazone groups is 1. The second kappa shape index (κ2) is 47.7. The van der Waals surface area contributed by atoms with Gasteiger partial charge < -0.3 is 69.9 Å². The SMILES string of the molecule is CC(C)=NNc1ccc(C(=O)NCCOCCOCCNC(=O)CCC(=O)NCCCCC(NC(=O)CCOCCCOCCC(=O)ON2C(=O)CCC2=O)C(=O)NCCCOCCOCCOCCCNC(=O)CCCN=[N+]=[N-])cn1. The van der Waals surface area contributed by atoms with Gasteiger partial charge in [-0.1, -0.05) is 5.11 Å². The number of unbranched alkanes of at least 4 members (excludes halogenated alkanes) is 1. The summed E-state index contributed by atoms with van der Waals surface area (Å²) in [6.07, 6.45) is 4.92. The molecule has 0 radical (unpaired) electrons. The molecule has 2 heterocycles. The van der Waals surface area contributed by atoms with E-state index in [4.69, 9.17) is 43.5 Å². The molecule has 0 saturated carbocycles. The Hall–Kier alpha value is -6.92. The molecule has 8 amide bonds. The number of amides is 8. The highest BCUT2D eigenvalue weighted by molar-refractivity contribution is 6.01. The summed E-state index contributed by atoms with van der Waals surface area (Å²) in [7, 11) is 0. The molecule has 0 bridgehead atoms. The molecule has 1 unspecified atom stereocenters. The highest BCUT2D eigenvalue weighted by Gasteiger charge is 2.32. The highest BCUT2D eigenvalue weighted by atomic mass is 16.7. The van der Waals surface area contributed by atoms with Crippen LogP contribution < -0.4 is 37.3 Å². The predicted octanol–water partition coefficient (Wildman–Crippen LogP) is 1.28. The van der Waals surface area contributed by atoms with Crippen LogP contribution in [0.25, 0.3) is 10.4 Å². The number of hydrogen-bond donors (Lipinski definition) is 7. The fourth-order valence-corrected chi connectivity index (χ4v) is 6.82. The number of hydroxylamine groups is 2. The molecule has 30 heteroatoms. The van der Waals surface area contributed by atoms with E-state index in [0.29, 0.717) is 127 Å². The molecule has 1 aliphatic rings. The number of imide groups is 1. The second-order valence-electron chi connectivity index (χ2n) is 18.3. The first-order chi connectivity index (χ1) is 39.8. The summed E-state index contributed by atoms with van der Waals surface area (Å²) in [5.41, 5.74) is 12.3. The molecule has 1 aromatic rings. The number of azide groups is 1. The minimum atomic E-state index is -0.858. The molecule has 460 valence electrons. The van der Waals surface area contributed by atoms with Crippen molar-refractivity contribution < 1.29 is 81.1 Å². The monoisotopic (exact) mass is 1160 g/mol. The number of nitrogens with zero attached hydrogens (tertiary/aromatic N) is 6. The molecule has 2 rings (SSSR count). The molecule has 0 aromatic carbocycles. The van der Waals surface area contributed by atoms with E-state index in [9.17, 15) is 43.2 Å². The first kappa shape index (κ1) is 71.2. The van der Waals surface area contributed by atoms with Crippen LogP contribution in [-0.2, 0) is 76.4 Å². The molecule has 7 N–H and O–H groups in total. The Bertz CT molecular complexity index is 2110. The van der Waals surface area contributed by atoms with Crippen molar-refractivity contribution in [1.29, 1.82) is 0 Å². The molecule has 82 heavy (non-hydrogen) atoms. The van der Waals surface area contributed by atoms with Crippen LogP contribution in [0.4, 0.5) is 5.82 Å². The molecule has 1 aliphatic heterocycles. The van der Waals surface area contributed by atoms with Crippen LogP contribution >= 0.6 is 0 Å². The van der Waals surface area contributed by atoms with Crippen molar-refractivity contribution in [3.8, 4) is 0 Å². The maximum Gasteiger partial charge on any atom is 0.335 e. The van der Waals surface area contributed by atoms with Gasteiger partial charge in [-0.2, -0.15) is 5.10 Å². The smallest absolute Gasteiger partial charge is 0.335 e. The van der Waals surface area contributed by atoms with Gasteiger partial charge in [0.15, 0.2) is 0 Å². The first-order valence-electron chi connectivity index (χ1n) is 27.8. The predicted molar refractivity (Wildman–Crippen MR) is 295 cm³/mol. The molecule has 1 atom stereocenters. The third kappa shape index (κ3) is 38.7. The number of carbonyl (C=O) groups is 9. The number of hydrogen-bond acceptors (Lipinski definition) is 21. The average molecular weight is 1160 g/mol. The van der Waals surface area contributed by atoms with E-state index >= 15 is 0 Å². The quantitative estimate of drug-likeness (QED) is 0.00919. The number of rotatable bonds is 51. The van der Waals surface area contributed by atoms with Crippen LogP contribution in [0, 0.1) is 0 Å². The molecule has 1 aromatic heterocycles. The van der Waals surface area contributed by atoms with Gasteiger partial charge in [0.25, 0.3) is 17.7 Å². The van der Waals surface area contributed by atoms with Crippen LogP contribution in [-0.4, -0.2) is 207 Å². The van der Waals surface area contributed by atoms with Gasteiger partial charge in [0.1, 0.15) is 11.9 Å². The lowest BCUT2D eigenvalue weighted by Crippen LogP contribution is -2.47. The van der Waals surface area contributed by atoms with Gasteiger partial charge in [0.05, 0.1) is 78.1 Å². The van der Waals surface area contributed by atoms with E-state index in [1.807, 2.05) is 13.8 Å². The summed E-state index contributed by atoms with van der Waals surface area (Å²) in [4.78, 5) is 122. The Balaban J connectivity index is 1.59. The lowest BCUT2D eigenvalue weighted by atomic mass is 10.1. The Morgan fingerprint density at radius 2 is 1.10 bits per heavy atom. The molecule has 30 nitrogen and oxygen atoms in total. The van der Waals surface area contributed by atoms with Crippen molar-refractivity contribution in [2.24, 2.45) is 10.2 Å². The summed E-state index contributed by atoms with van der Waals surface area (Å²) in [5.74, 6) is -3.15.